The first kappa shape index (κ1) is 14.8. The van der Waals surface area contributed by atoms with Gasteiger partial charge in [0.15, 0.2) is 0 Å². The Kier molecular flexibility index (Phi) is 6.22. The predicted molar refractivity (Wildman–Crippen MR) is 78.4 cm³/mol. The number of amides is 1. The largest absolute Gasteiger partial charge is 0.489 e. The minimum Gasteiger partial charge on any atom is -0.489 e. The Morgan fingerprint density at radius 3 is 2.95 bits per heavy atom. The molecule has 0 saturated heterocycles. The summed E-state index contributed by atoms with van der Waals surface area (Å²) in [5.74, 6) is 0.674. The molecule has 102 valence electrons. The van der Waals surface area contributed by atoms with Gasteiger partial charge < -0.3 is 15.4 Å². The Morgan fingerprint density at radius 1 is 1.47 bits per heavy atom. The maximum absolute atomic E-state index is 11.4. The average molecular weight is 260 g/mol. The van der Waals surface area contributed by atoms with Crippen molar-refractivity contribution in [2.24, 2.45) is 0 Å². The number of carbonyl (C=O) groups is 1. The molecule has 19 heavy (non-hydrogen) atoms. The van der Waals surface area contributed by atoms with Gasteiger partial charge in [-0.25, -0.2) is 0 Å². The third-order valence-electron chi connectivity index (χ3n) is 2.22. The van der Waals surface area contributed by atoms with Crippen molar-refractivity contribution in [1.29, 1.82) is 0 Å². The third kappa shape index (κ3) is 6.31. The predicted octanol–water partition coefficient (Wildman–Crippen LogP) is 2.36. The zero-order chi connectivity index (χ0) is 14.1. The summed E-state index contributed by atoms with van der Waals surface area (Å²) in [6.07, 6.45) is 1.64. The molecule has 2 N–H and O–H groups in total. The van der Waals surface area contributed by atoms with E-state index < -0.39 is 0 Å². The molecule has 0 atom stereocenters. The highest BCUT2D eigenvalue weighted by Gasteiger charge is 2.01. The monoisotopic (exact) mass is 260 g/mol. The van der Waals surface area contributed by atoms with Crippen LogP contribution in [0.3, 0.4) is 0 Å². The molecule has 0 aromatic heterocycles. The SMILES string of the molecule is C=CCNC(=O)CNc1cccc(OCC(=C)C)c1. The van der Waals surface area contributed by atoms with Gasteiger partial charge in [-0.15, -0.1) is 6.58 Å². The fourth-order valence-electron chi connectivity index (χ4n) is 1.33. The number of nitrogens with one attached hydrogen (secondary N) is 2. The molecule has 1 aromatic carbocycles. The van der Waals surface area contributed by atoms with E-state index in [4.69, 9.17) is 4.74 Å². The van der Waals surface area contributed by atoms with E-state index in [9.17, 15) is 4.79 Å². The quantitative estimate of drug-likeness (QED) is 0.705. The molecule has 0 saturated carbocycles. The Balaban J connectivity index is 2.45. The topological polar surface area (TPSA) is 50.4 Å². The summed E-state index contributed by atoms with van der Waals surface area (Å²) in [5, 5.41) is 5.73. The second-order valence-electron chi connectivity index (χ2n) is 4.22. The van der Waals surface area contributed by atoms with Crippen molar-refractivity contribution in [2.75, 3.05) is 25.0 Å². The first-order valence-electron chi connectivity index (χ1n) is 6.10. The lowest BCUT2D eigenvalue weighted by atomic mass is 10.3. The second-order valence-corrected chi connectivity index (χ2v) is 4.22. The van der Waals surface area contributed by atoms with E-state index in [1.54, 1.807) is 6.08 Å². The van der Waals surface area contributed by atoms with Gasteiger partial charge >= 0.3 is 0 Å². The highest BCUT2D eigenvalue weighted by atomic mass is 16.5. The maximum Gasteiger partial charge on any atom is 0.239 e. The smallest absolute Gasteiger partial charge is 0.239 e. The molecule has 0 unspecified atom stereocenters. The van der Waals surface area contributed by atoms with Crippen molar-refractivity contribution in [3.63, 3.8) is 0 Å². The van der Waals surface area contributed by atoms with Gasteiger partial charge in [-0.2, -0.15) is 0 Å². The van der Waals surface area contributed by atoms with E-state index in [0.717, 1.165) is 17.0 Å². The number of hydrogen-bond acceptors (Lipinski definition) is 3. The number of carbonyl (C=O) groups excluding carboxylic acids is 1. The minimum atomic E-state index is -0.0758. The van der Waals surface area contributed by atoms with Crippen molar-refractivity contribution in [3.8, 4) is 5.75 Å². The minimum absolute atomic E-state index is 0.0758. The van der Waals surface area contributed by atoms with Crippen LogP contribution in [0.5, 0.6) is 5.75 Å². The summed E-state index contributed by atoms with van der Waals surface area (Å²) < 4.78 is 5.53. The fourth-order valence-corrected chi connectivity index (χ4v) is 1.33. The van der Waals surface area contributed by atoms with Gasteiger partial charge in [-0.05, 0) is 24.6 Å². The van der Waals surface area contributed by atoms with Crippen LogP contribution in [0, 0.1) is 0 Å². The van der Waals surface area contributed by atoms with E-state index >= 15 is 0 Å². The summed E-state index contributed by atoms with van der Waals surface area (Å²) in [4.78, 5) is 11.4. The van der Waals surface area contributed by atoms with Crippen LogP contribution < -0.4 is 15.4 Å². The normalized spacial score (nSPS) is 9.53. The number of rotatable bonds is 8. The standard InChI is InChI=1S/C15H20N2O2/c1-4-8-16-15(18)10-17-13-6-5-7-14(9-13)19-11-12(2)3/h4-7,9,17H,1-2,8,10-11H2,3H3,(H,16,18). The molecule has 1 amide bonds. The van der Waals surface area contributed by atoms with Gasteiger partial charge in [0, 0.05) is 18.3 Å². The molecular weight excluding hydrogens is 240 g/mol. The van der Waals surface area contributed by atoms with Gasteiger partial charge in [0.25, 0.3) is 0 Å². The molecule has 4 nitrogen and oxygen atoms in total. The second kappa shape index (κ2) is 7.97. The Hall–Kier alpha value is -2.23. The molecule has 1 aromatic rings. The van der Waals surface area contributed by atoms with Crippen LogP contribution in [0.1, 0.15) is 6.92 Å². The summed E-state index contributed by atoms with van der Waals surface area (Å²) >= 11 is 0. The van der Waals surface area contributed by atoms with Gasteiger partial charge in [-0.1, -0.05) is 18.7 Å². The van der Waals surface area contributed by atoms with Crippen molar-refractivity contribution >= 4 is 11.6 Å². The van der Waals surface area contributed by atoms with E-state index in [0.29, 0.717) is 13.2 Å². The Bertz CT molecular complexity index is 455. The maximum atomic E-state index is 11.4. The first-order valence-corrected chi connectivity index (χ1v) is 6.10. The molecule has 0 aliphatic heterocycles. The van der Waals surface area contributed by atoms with E-state index in [2.05, 4.69) is 23.8 Å². The molecule has 0 aliphatic carbocycles. The van der Waals surface area contributed by atoms with Crippen LogP contribution in [0.4, 0.5) is 5.69 Å². The highest BCUT2D eigenvalue weighted by Crippen LogP contribution is 2.17. The Morgan fingerprint density at radius 2 is 2.26 bits per heavy atom. The van der Waals surface area contributed by atoms with Gasteiger partial charge in [0.05, 0.1) is 6.54 Å². The van der Waals surface area contributed by atoms with Crippen molar-refractivity contribution in [2.45, 2.75) is 6.92 Å². The molecule has 0 heterocycles. The fraction of sp³-hybridized carbons (Fsp3) is 0.267. The van der Waals surface area contributed by atoms with Crippen molar-refractivity contribution in [1.82, 2.24) is 5.32 Å². The number of benzene rings is 1. The summed E-state index contributed by atoms with van der Waals surface area (Å²) in [7, 11) is 0. The zero-order valence-electron chi connectivity index (χ0n) is 11.2. The summed E-state index contributed by atoms with van der Waals surface area (Å²) in [6, 6.07) is 7.47. The lowest BCUT2D eigenvalue weighted by molar-refractivity contribution is -0.119. The molecule has 0 bridgehead atoms. The van der Waals surface area contributed by atoms with Gasteiger partial charge in [0.2, 0.25) is 5.91 Å². The van der Waals surface area contributed by atoms with Crippen LogP contribution in [-0.2, 0) is 4.79 Å². The van der Waals surface area contributed by atoms with Crippen LogP contribution in [0.15, 0.2) is 49.1 Å². The van der Waals surface area contributed by atoms with Crippen molar-refractivity contribution in [3.05, 3.63) is 49.1 Å². The summed E-state index contributed by atoms with van der Waals surface area (Å²) in [6.45, 7) is 10.4. The van der Waals surface area contributed by atoms with Crippen molar-refractivity contribution < 1.29 is 9.53 Å². The van der Waals surface area contributed by atoms with Gasteiger partial charge in [0.1, 0.15) is 12.4 Å². The molecule has 0 radical (unpaired) electrons. The molecule has 0 spiro atoms. The van der Waals surface area contributed by atoms with Crippen LogP contribution in [-0.4, -0.2) is 25.6 Å². The van der Waals surface area contributed by atoms with E-state index in [1.807, 2.05) is 31.2 Å². The van der Waals surface area contributed by atoms with E-state index in [1.165, 1.54) is 0 Å². The molecular formula is C15H20N2O2. The van der Waals surface area contributed by atoms with Crippen LogP contribution in [0.2, 0.25) is 0 Å². The lowest BCUT2D eigenvalue weighted by Gasteiger charge is -2.09. The highest BCUT2D eigenvalue weighted by molar-refractivity contribution is 5.80. The van der Waals surface area contributed by atoms with Crippen LogP contribution in [0.25, 0.3) is 0 Å². The van der Waals surface area contributed by atoms with Crippen LogP contribution >= 0.6 is 0 Å². The first-order chi connectivity index (χ1) is 9.11. The zero-order valence-corrected chi connectivity index (χ0v) is 11.2. The Labute approximate surface area is 114 Å². The number of anilines is 1. The van der Waals surface area contributed by atoms with Gasteiger partial charge in [-0.3, -0.25) is 4.79 Å². The summed E-state index contributed by atoms with van der Waals surface area (Å²) in [5.41, 5.74) is 1.80. The average Bonchev–Trinajstić information content (AvgIpc) is 2.41. The molecule has 4 heteroatoms. The van der Waals surface area contributed by atoms with E-state index in [-0.39, 0.29) is 12.5 Å². The molecule has 0 fully saturated rings. The lowest BCUT2D eigenvalue weighted by Crippen LogP contribution is -2.29. The molecule has 0 aliphatic rings. The molecule has 1 rings (SSSR count). The third-order valence-corrected chi connectivity index (χ3v) is 2.22. The number of ether oxygens (including phenoxy) is 1. The number of hydrogen-bond donors (Lipinski definition) is 2.